The molecule has 0 bridgehead atoms. The van der Waals surface area contributed by atoms with Gasteiger partial charge >= 0.3 is 0 Å². The SMILES string of the molecule is COc1ccc(C(C)NC(=O)[C@@H]2CCC[C@@H]2CN)cc1.Cl. The molecule has 1 aromatic rings. The smallest absolute Gasteiger partial charge is 0.223 e. The van der Waals surface area contributed by atoms with Gasteiger partial charge in [0, 0.05) is 5.92 Å². The second-order valence-electron chi connectivity index (χ2n) is 5.54. The Kier molecular flexibility index (Phi) is 6.99. The van der Waals surface area contributed by atoms with Crippen molar-refractivity contribution < 1.29 is 9.53 Å². The maximum atomic E-state index is 12.3. The minimum absolute atomic E-state index is 0. The van der Waals surface area contributed by atoms with E-state index in [1.807, 2.05) is 31.2 Å². The van der Waals surface area contributed by atoms with Crippen molar-refractivity contribution in [1.82, 2.24) is 5.32 Å². The molecule has 4 nitrogen and oxygen atoms in total. The average molecular weight is 313 g/mol. The van der Waals surface area contributed by atoms with Gasteiger partial charge in [-0.25, -0.2) is 0 Å². The highest BCUT2D eigenvalue weighted by molar-refractivity contribution is 5.85. The maximum Gasteiger partial charge on any atom is 0.223 e. The molecular weight excluding hydrogens is 288 g/mol. The van der Waals surface area contributed by atoms with E-state index in [1.165, 1.54) is 0 Å². The summed E-state index contributed by atoms with van der Waals surface area (Å²) in [5.41, 5.74) is 6.83. The van der Waals surface area contributed by atoms with Gasteiger partial charge in [0.2, 0.25) is 5.91 Å². The van der Waals surface area contributed by atoms with Crippen molar-refractivity contribution in [3.05, 3.63) is 29.8 Å². The molecule has 1 amide bonds. The molecule has 1 aromatic carbocycles. The fraction of sp³-hybridized carbons (Fsp3) is 0.562. The Hall–Kier alpha value is -1.26. The topological polar surface area (TPSA) is 64.3 Å². The van der Waals surface area contributed by atoms with E-state index in [1.54, 1.807) is 7.11 Å². The lowest BCUT2D eigenvalue weighted by atomic mass is 9.94. The number of hydrogen-bond acceptors (Lipinski definition) is 3. The molecule has 0 aliphatic heterocycles. The van der Waals surface area contributed by atoms with E-state index < -0.39 is 0 Å². The number of carbonyl (C=O) groups excluding carboxylic acids is 1. The number of ether oxygens (including phenoxy) is 1. The lowest BCUT2D eigenvalue weighted by Gasteiger charge is -2.21. The van der Waals surface area contributed by atoms with Crippen molar-refractivity contribution in [3.63, 3.8) is 0 Å². The van der Waals surface area contributed by atoms with Gasteiger partial charge in [0.1, 0.15) is 5.75 Å². The summed E-state index contributed by atoms with van der Waals surface area (Å²) in [5.74, 6) is 1.39. The van der Waals surface area contributed by atoms with Crippen LogP contribution in [-0.2, 0) is 4.79 Å². The summed E-state index contributed by atoms with van der Waals surface area (Å²) in [5, 5.41) is 3.10. The Morgan fingerprint density at radius 2 is 2.05 bits per heavy atom. The number of nitrogens with two attached hydrogens (primary N) is 1. The Bertz CT molecular complexity index is 450. The summed E-state index contributed by atoms with van der Waals surface area (Å²) in [6.45, 7) is 2.61. The van der Waals surface area contributed by atoms with Gasteiger partial charge < -0.3 is 15.8 Å². The number of carbonyl (C=O) groups is 1. The second kappa shape index (κ2) is 8.25. The Labute approximate surface area is 132 Å². The third-order valence-electron chi connectivity index (χ3n) is 4.27. The normalized spacial score (nSPS) is 22.2. The molecule has 0 radical (unpaired) electrons. The highest BCUT2D eigenvalue weighted by Crippen LogP contribution is 2.31. The molecule has 1 unspecified atom stereocenters. The average Bonchev–Trinajstić information content (AvgIpc) is 2.95. The third-order valence-corrected chi connectivity index (χ3v) is 4.27. The van der Waals surface area contributed by atoms with Crippen molar-refractivity contribution in [3.8, 4) is 5.75 Å². The molecule has 1 saturated carbocycles. The molecule has 0 saturated heterocycles. The molecule has 118 valence electrons. The zero-order chi connectivity index (χ0) is 14.5. The lowest BCUT2D eigenvalue weighted by Crippen LogP contribution is -2.36. The molecule has 1 fully saturated rings. The first kappa shape index (κ1) is 17.8. The predicted molar refractivity (Wildman–Crippen MR) is 86.7 cm³/mol. The number of halogens is 1. The molecule has 0 heterocycles. The van der Waals surface area contributed by atoms with E-state index in [0.29, 0.717) is 12.5 Å². The van der Waals surface area contributed by atoms with E-state index in [0.717, 1.165) is 30.6 Å². The zero-order valence-corrected chi connectivity index (χ0v) is 13.5. The molecule has 3 N–H and O–H groups in total. The maximum absolute atomic E-state index is 12.3. The number of rotatable bonds is 5. The van der Waals surface area contributed by atoms with E-state index in [9.17, 15) is 4.79 Å². The fourth-order valence-electron chi connectivity index (χ4n) is 2.96. The van der Waals surface area contributed by atoms with E-state index in [2.05, 4.69) is 5.32 Å². The summed E-state index contributed by atoms with van der Waals surface area (Å²) >= 11 is 0. The number of benzene rings is 1. The molecule has 0 spiro atoms. The van der Waals surface area contributed by atoms with Crippen LogP contribution < -0.4 is 15.8 Å². The van der Waals surface area contributed by atoms with Gasteiger partial charge in [-0.3, -0.25) is 4.79 Å². The summed E-state index contributed by atoms with van der Waals surface area (Å²) in [4.78, 5) is 12.3. The van der Waals surface area contributed by atoms with Crippen molar-refractivity contribution in [2.24, 2.45) is 17.6 Å². The van der Waals surface area contributed by atoms with Crippen LogP contribution in [0.5, 0.6) is 5.75 Å². The quantitative estimate of drug-likeness (QED) is 0.878. The van der Waals surface area contributed by atoms with Gasteiger partial charge in [-0.2, -0.15) is 0 Å². The Balaban J connectivity index is 0.00000220. The van der Waals surface area contributed by atoms with Crippen molar-refractivity contribution in [2.75, 3.05) is 13.7 Å². The first-order valence-electron chi connectivity index (χ1n) is 7.30. The first-order chi connectivity index (χ1) is 9.65. The van der Waals surface area contributed by atoms with Gasteiger partial charge in [-0.15, -0.1) is 12.4 Å². The number of amides is 1. The van der Waals surface area contributed by atoms with Crippen LogP contribution in [-0.4, -0.2) is 19.6 Å². The summed E-state index contributed by atoms with van der Waals surface area (Å²) in [6.07, 6.45) is 3.14. The fourth-order valence-corrected chi connectivity index (χ4v) is 2.96. The standard InChI is InChI=1S/C16H24N2O2.ClH/c1-11(12-6-8-14(20-2)9-7-12)18-16(19)15-5-3-4-13(15)10-17;/h6-9,11,13,15H,3-5,10,17H2,1-2H3,(H,18,19);1H/t11?,13-,15-;/m1./s1. The molecule has 2 rings (SSSR count). The molecule has 3 atom stereocenters. The monoisotopic (exact) mass is 312 g/mol. The van der Waals surface area contributed by atoms with Gasteiger partial charge in [-0.1, -0.05) is 18.6 Å². The van der Waals surface area contributed by atoms with Crippen LogP contribution in [0.15, 0.2) is 24.3 Å². The third kappa shape index (κ3) is 4.35. The van der Waals surface area contributed by atoms with E-state index in [4.69, 9.17) is 10.5 Å². The molecule has 1 aliphatic rings. The largest absolute Gasteiger partial charge is 0.497 e. The number of hydrogen-bond donors (Lipinski definition) is 2. The van der Waals surface area contributed by atoms with Gasteiger partial charge in [-0.05, 0) is 49.9 Å². The van der Waals surface area contributed by atoms with Gasteiger partial charge in [0.05, 0.1) is 13.2 Å². The van der Waals surface area contributed by atoms with Crippen molar-refractivity contribution in [1.29, 1.82) is 0 Å². The molecule has 0 aromatic heterocycles. The summed E-state index contributed by atoms with van der Waals surface area (Å²) in [6, 6.07) is 7.80. The van der Waals surface area contributed by atoms with Crippen LogP contribution in [0.4, 0.5) is 0 Å². The minimum Gasteiger partial charge on any atom is -0.497 e. The first-order valence-corrected chi connectivity index (χ1v) is 7.30. The Morgan fingerprint density at radius 3 is 2.62 bits per heavy atom. The number of methoxy groups -OCH3 is 1. The van der Waals surface area contributed by atoms with Crippen molar-refractivity contribution >= 4 is 18.3 Å². The predicted octanol–water partition coefficient (Wildman–Crippen LogP) is 2.67. The lowest BCUT2D eigenvalue weighted by molar-refractivity contribution is -0.126. The van der Waals surface area contributed by atoms with Gasteiger partial charge in [0.15, 0.2) is 0 Å². The molecule has 5 heteroatoms. The highest BCUT2D eigenvalue weighted by Gasteiger charge is 2.32. The van der Waals surface area contributed by atoms with Crippen LogP contribution in [0.1, 0.15) is 37.8 Å². The van der Waals surface area contributed by atoms with Crippen LogP contribution in [0.2, 0.25) is 0 Å². The van der Waals surface area contributed by atoms with Crippen LogP contribution in [0.25, 0.3) is 0 Å². The minimum atomic E-state index is 0. The highest BCUT2D eigenvalue weighted by atomic mass is 35.5. The van der Waals surface area contributed by atoms with Crippen molar-refractivity contribution in [2.45, 2.75) is 32.2 Å². The second-order valence-corrected chi connectivity index (χ2v) is 5.54. The zero-order valence-electron chi connectivity index (χ0n) is 12.7. The molecule has 1 aliphatic carbocycles. The van der Waals surface area contributed by atoms with Gasteiger partial charge in [0.25, 0.3) is 0 Å². The molecular formula is C16H25ClN2O2. The van der Waals surface area contributed by atoms with Crippen LogP contribution >= 0.6 is 12.4 Å². The Morgan fingerprint density at radius 1 is 1.38 bits per heavy atom. The number of nitrogens with one attached hydrogen (secondary N) is 1. The van der Waals surface area contributed by atoms with E-state index >= 15 is 0 Å². The van der Waals surface area contributed by atoms with E-state index in [-0.39, 0.29) is 30.3 Å². The summed E-state index contributed by atoms with van der Waals surface area (Å²) < 4.78 is 5.14. The summed E-state index contributed by atoms with van der Waals surface area (Å²) in [7, 11) is 1.65. The van der Waals surface area contributed by atoms with Crippen LogP contribution in [0, 0.1) is 11.8 Å². The van der Waals surface area contributed by atoms with Crippen LogP contribution in [0.3, 0.4) is 0 Å². The molecule has 21 heavy (non-hydrogen) atoms.